The minimum atomic E-state index is 0.549. The first kappa shape index (κ1) is 12.0. The van der Waals surface area contributed by atoms with E-state index in [-0.39, 0.29) is 0 Å². The molecular weight excluding hydrogens is 242 g/mol. The van der Waals surface area contributed by atoms with E-state index in [4.69, 9.17) is 9.47 Å². The number of hydrogen-bond acceptors (Lipinski definition) is 4. The summed E-state index contributed by atoms with van der Waals surface area (Å²) in [7, 11) is 3.36. The van der Waals surface area contributed by atoms with E-state index in [1.165, 1.54) is 5.56 Å². The average Bonchev–Trinajstić information content (AvgIpc) is 3.03. The molecule has 1 aromatic heterocycles. The fourth-order valence-electron chi connectivity index (χ4n) is 2.41. The molecule has 1 aromatic carbocycles. The van der Waals surface area contributed by atoms with Crippen molar-refractivity contribution in [1.82, 2.24) is 9.78 Å². The molecule has 0 spiro atoms. The zero-order valence-electron chi connectivity index (χ0n) is 11.1. The Morgan fingerprint density at radius 2 is 2.05 bits per heavy atom. The Balaban J connectivity index is 2.02. The molecule has 0 atom stereocenters. The van der Waals surface area contributed by atoms with Crippen LogP contribution < -0.4 is 10.1 Å². The molecule has 100 valence electrons. The number of hydrogen-bond donors (Lipinski definition) is 1. The summed E-state index contributed by atoms with van der Waals surface area (Å²) in [6.07, 6.45) is 1.00. The smallest absolute Gasteiger partial charge is 0.133 e. The van der Waals surface area contributed by atoms with Gasteiger partial charge in [0.2, 0.25) is 0 Å². The molecule has 2 heterocycles. The van der Waals surface area contributed by atoms with Crippen LogP contribution in [-0.4, -0.2) is 30.5 Å². The van der Waals surface area contributed by atoms with Crippen LogP contribution in [0.3, 0.4) is 0 Å². The molecule has 5 heteroatoms. The fourth-order valence-corrected chi connectivity index (χ4v) is 2.41. The van der Waals surface area contributed by atoms with Gasteiger partial charge >= 0.3 is 0 Å². The molecule has 0 radical (unpaired) electrons. The molecule has 1 N–H and O–H groups in total. The first-order chi connectivity index (χ1) is 9.33. The van der Waals surface area contributed by atoms with Crippen LogP contribution in [0.5, 0.6) is 5.75 Å². The van der Waals surface area contributed by atoms with Crippen molar-refractivity contribution in [1.29, 1.82) is 0 Å². The van der Waals surface area contributed by atoms with Crippen LogP contribution in [0.1, 0.15) is 11.3 Å². The summed E-state index contributed by atoms with van der Waals surface area (Å²) in [5.74, 6) is 1.93. The number of ether oxygens (including phenoxy) is 2. The highest BCUT2D eigenvalue weighted by atomic mass is 16.5. The van der Waals surface area contributed by atoms with Crippen LogP contribution in [0.15, 0.2) is 24.3 Å². The van der Waals surface area contributed by atoms with E-state index in [0.717, 1.165) is 35.9 Å². The summed E-state index contributed by atoms with van der Waals surface area (Å²) < 4.78 is 12.3. The van der Waals surface area contributed by atoms with Crippen LogP contribution in [0.4, 0.5) is 5.82 Å². The minimum Gasteiger partial charge on any atom is -0.497 e. The third-order valence-corrected chi connectivity index (χ3v) is 3.33. The Morgan fingerprint density at radius 1 is 1.26 bits per heavy atom. The lowest BCUT2D eigenvalue weighted by Crippen LogP contribution is -2.05. The highest BCUT2D eigenvalue weighted by Crippen LogP contribution is 2.29. The number of aromatic nitrogens is 2. The first-order valence-electron chi connectivity index (χ1n) is 6.31. The van der Waals surface area contributed by atoms with Gasteiger partial charge in [0, 0.05) is 19.2 Å². The van der Waals surface area contributed by atoms with E-state index < -0.39 is 0 Å². The van der Waals surface area contributed by atoms with E-state index in [0.29, 0.717) is 6.61 Å². The quantitative estimate of drug-likeness (QED) is 0.912. The topological polar surface area (TPSA) is 48.3 Å². The lowest BCUT2D eigenvalue weighted by atomic mass is 10.2. The van der Waals surface area contributed by atoms with E-state index in [1.807, 2.05) is 28.9 Å². The molecular formula is C14H17N3O2. The number of benzene rings is 1. The van der Waals surface area contributed by atoms with Crippen LogP contribution in [0, 0.1) is 0 Å². The molecule has 0 amide bonds. The third kappa shape index (κ3) is 2.06. The van der Waals surface area contributed by atoms with Gasteiger partial charge in [0.05, 0.1) is 25.1 Å². The molecule has 0 saturated carbocycles. The number of nitrogens with zero attached hydrogens (tertiary/aromatic N) is 2. The lowest BCUT2D eigenvalue weighted by Gasteiger charge is -2.07. The second kappa shape index (κ2) is 4.93. The summed E-state index contributed by atoms with van der Waals surface area (Å²) in [6, 6.07) is 7.88. The Bertz CT molecular complexity index is 575. The molecule has 5 nitrogen and oxygen atoms in total. The lowest BCUT2D eigenvalue weighted by molar-refractivity contribution is 0.180. The normalized spacial score (nSPS) is 13.2. The molecule has 2 aromatic rings. The van der Waals surface area contributed by atoms with E-state index in [1.54, 1.807) is 14.2 Å². The average molecular weight is 259 g/mol. The van der Waals surface area contributed by atoms with Crippen molar-refractivity contribution in [2.45, 2.75) is 13.0 Å². The maximum Gasteiger partial charge on any atom is 0.133 e. The maximum atomic E-state index is 5.22. The minimum absolute atomic E-state index is 0.549. The molecule has 0 unspecified atom stereocenters. The van der Waals surface area contributed by atoms with Gasteiger partial charge in [0.1, 0.15) is 11.6 Å². The van der Waals surface area contributed by atoms with Gasteiger partial charge in [0.25, 0.3) is 0 Å². The third-order valence-electron chi connectivity index (χ3n) is 3.33. The van der Waals surface area contributed by atoms with Crippen molar-refractivity contribution in [3.63, 3.8) is 0 Å². The Kier molecular flexibility index (Phi) is 3.13. The zero-order valence-corrected chi connectivity index (χ0v) is 11.1. The Hall–Kier alpha value is -2.01. The number of methoxy groups -OCH3 is 2. The molecule has 1 aliphatic rings. The van der Waals surface area contributed by atoms with Gasteiger partial charge in [-0.1, -0.05) is 0 Å². The summed E-state index contributed by atoms with van der Waals surface area (Å²) in [5, 5.41) is 8.02. The molecule has 19 heavy (non-hydrogen) atoms. The number of rotatable bonds is 4. The van der Waals surface area contributed by atoms with E-state index >= 15 is 0 Å². The van der Waals surface area contributed by atoms with Gasteiger partial charge in [-0.25, -0.2) is 4.68 Å². The van der Waals surface area contributed by atoms with Crippen molar-refractivity contribution in [3.05, 3.63) is 35.5 Å². The highest BCUT2D eigenvalue weighted by Gasteiger charge is 2.22. The summed E-state index contributed by atoms with van der Waals surface area (Å²) in [5.41, 5.74) is 3.30. The molecule has 0 bridgehead atoms. The molecule has 0 saturated heterocycles. The Labute approximate surface area is 112 Å². The fraction of sp³-hybridized carbons (Fsp3) is 0.357. The maximum absolute atomic E-state index is 5.22. The number of nitrogens with one attached hydrogen (secondary N) is 1. The van der Waals surface area contributed by atoms with Crippen LogP contribution >= 0.6 is 0 Å². The largest absolute Gasteiger partial charge is 0.497 e. The number of fused-ring (bicyclic) bond motifs is 1. The molecule has 1 aliphatic heterocycles. The predicted octanol–water partition coefficient (Wildman–Crippen LogP) is 2.00. The standard InChI is InChI=1S/C14H17N3O2/c1-18-9-13-12-7-8-15-14(12)17(16-13)10-3-5-11(19-2)6-4-10/h3-6,15H,7-9H2,1-2H3. The van der Waals surface area contributed by atoms with E-state index in [2.05, 4.69) is 10.4 Å². The van der Waals surface area contributed by atoms with Crippen molar-refractivity contribution in [2.75, 3.05) is 26.1 Å². The van der Waals surface area contributed by atoms with Crippen molar-refractivity contribution in [3.8, 4) is 11.4 Å². The highest BCUT2D eigenvalue weighted by molar-refractivity contribution is 5.57. The molecule has 0 aliphatic carbocycles. The zero-order chi connectivity index (χ0) is 13.2. The SMILES string of the molecule is COCc1nn(-c2ccc(OC)cc2)c2c1CCN2. The van der Waals surface area contributed by atoms with E-state index in [9.17, 15) is 0 Å². The van der Waals surface area contributed by atoms with Crippen LogP contribution in [0.25, 0.3) is 5.69 Å². The van der Waals surface area contributed by atoms with Gasteiger partial charge in [-0.3, -0.25) is 0 Å². The summed E-state index contributed by atoms with van der Waals surface area (Å²) >= 11 is 0. The second-order valence-corrected chi connectivity index (χ2v) is 4.49. The van der Waals surface area contributed by atoms with Gasteiger partial charge in [0.15, 0.2) is 0 Å². The van der Waals surface area contributed by atoms with Gasteiger partial charge in [-0.15, -0.1) is 0 Å². The molecule has 0 fully saturated rings. The molecule has 3 rings (SSSR count). The summed E-state index contributed by atoms with van der Waals surface area (Å²) in [4.78, 5) is 0. The van der Waals surface area contributed by atoms with Gasteiger partial charge < -0.3 is 14.8 Å². The van der Waals surface area contributed by atoms with Gasteiger partial charge in [-0.2, -0.15) is 5.10 Å². The first-order valence-corrected chi connectivity index (χ1v) is 6.31. The van der Waals surface area contributed by atoms with Crippen LogP contribution in [0.2, 0.25) is 0 Å². The van der Waals surface area contributed by atoms with Crippen molar-refractivity contribution in [2.24, 2.45) is 0 Å². The summed E-state index contributed by atoms with van der Waals surface area (Å²) in [6.45, 7) is 1.51. The number of anilines is 1. The predicted molar refractivity (Wildman–Crippen MR) is 73.0 cm³/mol. The Morgan fingerprint density at radius 3 is 2.74 bits per heavy atom. The monoisotopic (exact) mass is 259 g/mol. The van der Waals surface area contributed by atoms with Crippen LogP contribution in [-0.2, 0) is 17.8 Å². The second-order valence-electron chi connectivity index (χ2n) is 4.49. The van der Waals surface area contributed by atoms with Crippen molar-refractivity contribution < 1.29 is 9.47 Å². The van der Waals surface area contributed by atoms with Gasteiger partial charge in [-0.05, 0) is 30.7 Å². The van der Waals surface area contributed by atoms with Crippen molar-refractivity contribution >= 4 is 5.82 Å².